The van der Waals surface area contributed by atoms with Gasteiger partial charge in [0.1, 0.15) is 11.6 Å². The van der Waals surface area contributed by atoms with Crippen LogP contribution in [-0.2, 0) is 16.2 Å². The number of benzene rings is 1. The summed E-state index contributed by atoms with van der Waals surface area (Å²) >= 11 is 0. The van der Waals surface area contributed by atoms with E-state index in [4.69, 9.17) is 9.25 Å². The molecule has 0 unspecified atom stereocenters. The number of amides is 2. The van der Waals surface area contributed by atoms with E-state index in [9.17, 15) is 9.59 Å². The number of nitrogens with zero attached hydrogens (tertiary/aromatic N) is 4. The SMILES string of the molecule is Cc1c(C(=O)N2Cc3cncn3[C@H](C(=O)N3CCCO3)C2)oc2ccccc12. The first-order chi connectivity index (χ1) is 13.6. The van der Waals surface area contributed by atoms with E-state index in [1.54, 1.807) is 17.4 Å². The Labute approximate surface area is 161 Å². The summed E-state index contributed by atoms with van der Waals surface area (Å²) in [6, 6.07) is 7.03. The van der Waals surface area contributed by atoms with Gasteiger partial charge in [-0.05, 0) is 19.4 Å². The van der Waals surface area contributed by atoms with Gasteiger partial charge in [0.25, 0.3) is 11.8 Å². The Hall–Kier alpha value is -3.13. The second-order valence-electron chi connectivity index (χ2n) is 7.17. The van der Waals surface area contributed by atoms with Crippen molar-refractivity contribution < 1.29 is 18.8 Å². The molecule has 8 nitrogen and oxygen atoms in total. The van der Waals surface area contributed by atoms with Crippen LogP contribution in [0.2, 0.25) is 0 Å². The van der Waals surface area contributed by atoms with Crippen molar-refractivity contribution in [3.05, 3.63) is 53.8 Å². The third-order valence-electron chi connectivity index (χ3n) is 5.44. The average Bonchev–Trinajstić information content (AvgIpc) is 3.46. The van der Waals surface area contributed by atoms with Crippen LogP contribution in [0.25, 0.3) is 11.0 Å². The summed E-state index contributed by atoms with van der Waals surface area (Å²) in [4.78, 5) is 37.5. The fraction of sp³-hybridized carbons (Fsp3) is 0.350. The van der Waals surface area contributed by atoms with Gasteiger partial charge in [-0.15, -0.1) is 0 Å². The van der Waals surface area contributed by atoms with Crippen LogP contribution in [0.4, 0.5) is 0 Å². The number of hydrogen-bond donors (Lipinski definition) is 0. The molecule has 2 amide bonds. The summed E-state index contributed by atoms with van der Waals surface area (Å²) in [6.45, 7) is 3.61. The first-order valence-electron chi connectivity index (χ1n) is 9.36. The maximum atomic E-state index is 13.3. The number of carbonyl (C=O) groups excluding carboxylic acids is 2. The lowest BCUT2D eigenvalue weighted by Gasteiger charge is -2.34. The second-order valence-corrected chi connectivity index (χ2v) is 7.17. The monoisotopic (exact) mass is 380 g/mol. The number of aromatic nitrogens is 2. The highest BCUT2D eigenvalue weighted by molar-refractivity contribution is 5.99. The van der Waals surface area contributed by atoms with E-state index >= 15 is 0 Å². The van der Waals surface area contributed by atoms with Crippen molar-refractivity contribution in [1.29, 1.82) is 0 Å². The topological polar surface area (TPSA) is 80.8 Å². The van der Waals surface area contributed by atoms with Crippen molar-refractivity contribution in [1.82, 2.24) is 19.5 Å². The van der Waals surface area contributed by atoms with Crippen LogP contribution in [-0.4, -0.2) is 51.0 Å². The molecule has 2 aliphatic heterocycles. The van der Waals surface area contributed by atoms with E-state index in [0.717, 1.165) is 23.1 Å². The number of carbonyl (C=O) groups is 2. The number of rotatable bonds is 2. The van der Waals surface area contributed by atoms with Gasteiger partial charge in [0.15, 0.2) is 5.76 Å². The predicted octanol–water partition coefficient (Wildman–Crippen LogP) is 2.30. The van der Waals surface area contributed by atoms with Crippen molar-refractivity contribution in [3.63, 3.8) is 0 Å². The molecule has 0 bridgehead atoms. The van der Waals surface area contributed by atoms with Crippen LogP contribution in [0.15, 0.2) is 41.2 Å². The largest absolute Gasteiger partial charge is 0.451 e. The summed E-state index contributed by atoms with van der Waals surface area (Å²) < 4.78 is 7.68. The molecule has 8 heteroatoms. The zero-order valence-electron chi connectivity index (χ0n) is 15.5. The van der Waals surface area contributed by atoms with E-state index in [2.05, 4.69) is 4.98 Å². The Kier molecular flexibility index (Phi) is 3.94. The fourth-order valence-electron chi connectivity index (χ4n) is 3.95. The van der Waals surface area contributed by atoms with Crippen LogP contribution in [0.3, 0.4) is 0 Å². The van der Waals surface area contributed by atoms with E-state index in [-0.39, 0.29) is 18.4 Å². The first-order valence-corrected chi connectivity index (χ1v) is 9.36. The van der Waals surface area contributed by atoms with Crippen LogP contribution in [0.5, 0.6) is 0 Å². The maximum Gasteiger partial charge on any atom is 0.290 e. The Morgan fingerprint density at radius 1 is 1.25 bits per heavy atom. The Balaban J connectivity index is 1.47. The molecule has 0 aliphatic carbocycles. The summed E-state index contributed by atoms with van der Waals surface area (Å²) in [5.74, 6) is -0.0605. The molecule has 3 aromatic rings. The summed E-state index contributed by atoms with van der Waals surface area (Å²) in [6.07, 6.45) is 4.15. The van der Waals surface area contributed by atoms with E-state index in [0.29, 0.717) is 31.0 Å². The van der Waals surface area contributed by atoms with Crippen molar-refractivity contribution in [2.45, 2.75) is 25.9 Å². The van der Waals surface area contributed by atoms with Gasteiger partial charge in [0.05, 0.1) is 38.3 Å². The van der Waals surface area contributed by atoms with Crippen molar-refractivity contribution >= 4 is 22.8 Å². The van der Waals surface area contributed by atoms with Gasteiger partial charge >= 0.3 is 0 Å². The molecule has 1 aromatic carbocycles. The minimum Gasteiger partial charge on any atom is -0.451 e. The highest BCUT2D eigenvalue weighted by Gasteiger charge is 2.37. The molecule has 0 radical (unpaired) electrons. The number of furan rings is 1. The lowest BCUT2D eigenvalue weighted by atomic mass is 10.1. The predicted molar refractivity (Wildman–Crippen MR) is 99.2 cm³/mol. The van der Waals surface area contributed by atoms with E-state index < -0.39 is 6.04 Å². The number of para-hydroxylation sites is 1. The highest BCUT2D eigenvalue weighted by atomic mass is 16.7. The number of hydroxylamine groups is 2. The van der Waals surface area contributed by atoms with Crippen molar-refractivity contribution in [3.8, 4) is 0 Å². The first kappa shape index (κ1) is 17.0. The molecule has 0 spiro atoms. The normalized spacial score (nSPS) is 19.2. The Bertz CT molecular complexity index is 1060. The van der Waals surface area contributed by atoms with Gasteiger partial charge in [0, 0.05) is 17.1 Å². The average molecular weight is 380 g/mol. The van der Waals surface area contributed by atoms with Gasteiger partial charge in [0.2, 0.25) is 0 Å². The number of hydrogen-bond acceptors (Lipinski definition) is 5. The van der Waals surface area contributed by atoms with Crippen LogP contribution >= 0.6 is 0 Å². The quantitative estimate of drug-likeness (QED) is 0.681. The second kappa shape index (κ2) is 6.49. The zero-order valence-corrected chi connectivity index (χ0v) is 15.5. The molecule has 1 fully saturated rings. The molecule has 5 rings (SSSR count). The maximum absolute atomic E-state index is 13.3. The highest BCUT2D eigenvalue weighted by Crippen LogP contribution is 2.29. The van der Waals surface area contributed by atoms with E-state index in [1.807, 2.05) is 35.8 Å². The van der Waals surface area contributed by atoms with Gasteiger partial charge < -0.3 is 13.9 Å². The molecule has 4 heterocycles. The third kappa shape index (κ3) is 2.60. The number of imidazole rings is 1. The molecule has 2 aromatic heterocycles. The van der Waals surface area contributed by atoms with Crippen molar-refractivity contribution in [2.75, 3.05) is 19.7 Å². The van der Waals surface area contributed by atoms with Gasteiger partial charge in [-0.25, -0.2) is 10.0 Å². The standard InChI is InChI=1S/C20H20N4O4/c1-13-15-5-2-3-6-17(15)28-18(13)20(26)22-10-14-9-21-12-23(14)16(11-22)19(25)24-7-4-8-27-24/h2-3,5-6,9,12,16H,4,7-8,10-11H2,1H3/t16-/m0/s1. The minimum atomic E-state index is -0.557. The van der Waals surface area contributed by atoms with Crippen molar-refractivity contribution in [2.24, 2.45) is 0 Å². The van der Waals surface area contributed by atoms with Gasteiger partial charge in [-0.2, -0.15) is 0 Å². The summed E-state index contributed by atoms with van der Waals surface area (Å²) in [5.41, 5.74) is 2.31. The Morgan fingerprint density at radius 2 is 2.11 bits per heavy atom. The molecular weight excluding hydrogens is 360 g/mol. The van der Waals surface area contributed by atoms with Crippen LogP contribution in [0, 0.1) is 6.92 Å². The van der Waals surface area contributed by atoms with Crippen LogP contribution in [0.1, 0.15) is 34.3 Å². The fourth-order valence-corrected chi connectivity index (χ4v) is 3.95. The molecule has 0 N–H and O–H groups in total. The van der Waals surface area contributed by atoms with Crippen LogP contribution < -0.4 is 0 Å². The molecule has 0 saturated carbocycles. The molecular formula is C20H20N4O4. The lowest BCUT2D eigenvalue weighted by molar-refractivity contribution is -0.173. The minimum absolute atomic E-state index is 0.157. The number of aryl methyl sites for hydroxylation is 1. The van der Waals surface area contributed by atoms with Gasteiger partial charge in [-0.3, -0.25) is 14.4 Å². The molecule has 1 saturated heterocycles. The Morgan fingerprint density at radius 3 is 2.89 bits per heavy atom. The van der Waals surface area contributed by atoms with E-state index in [1.165, 1.54) is 5.06 Å². The smallest absolute Gasteiger partial charge is 0.290 e. The molecule has 144 valence electrons. The van der Waals surface area contributed by atoms with Gasteiger partial charge in [-0.1, -0.05) is 18.2 Å². The summed E-state index contributed by atoms with van der Waals surface area (Å²) in [5, 5.41) is 2.32. The molecule has 28 heavy (non-hydrogen) atoms. The lowest BCUT2D eigenvalue weighted by Crippen LogP contribution is -2.47. The summed E-state index contributed by atoms with van der Waals surface area (Å²) in [7, 11) is 0. The number of fused-ring (bicyclic) bond motifs is 2. The molecule has 2 aliphatic rings. The molecule has 1 atom stereocenters. The third-order valence-corrected chi connectivity index (χ3v) is 5.44. The zero-order chi connectivity index (χ0) is 19.3.